The molecule has 0 aromatic heterocycles. The van der Waals surface area contributed by atoms with E-state index >= 15 is 0 Å². The van der Waals surface area contributed by atoms with E-state index in [2.05, 4.69) is 25.9 Å². The zero-order chi connectivity index (χ0) is 45.6. The normalized spacial score (nSPS) is 23.2. The first-order chi connectivity index (χ1) is 28.8. The highest BCUT2D eigenvalue weighted by Gasteiger charge is 2.52. The lowest BCUT2D eigenvalue weighted by Crippen LogP contribution is -2.65. The topological polar surface area (TPSA) is 350 Å². The van der Waals surface area contributed by atoms with E-state index in [0.29, 0.717) is 37.9 Å². The maximum atomic E-state index is 14.5. The molecule has 61 heavy (non-hydrogen) atoms. The number of rotatable bonds is 24. The van der Waals surface area contributed by atoms with Crippen LogP contribution >= 0.6 is 0 Å². The van der Waals surface area contributed by atoms with Gasteiger partial charge in [-0.3, -0.25) is 14.4 Å². The van der Waals surface area contributed by atoms with Crippen LogP contribution in [0.3, 0.4) is 0 Å². The predicted octanol–water partition coefficient (Wildman–Crippen LogP) is -0.218. The van der Waals surface area contributed by atoms with Gasteiger partial charge in [0.25, 0.3) is 0 Å². The van der Waals surface area contributed by atoms with Gasteiger partial charge in [-0.2, -0.15) is 9.98 Å². The number of carbonyl (C=O) groups excluding carboxylic acids is 5. The van der Waals surface area contributed by atoms with Gasteiger partial charge in [0.15, 0.2) is 18.5 Å². The first-order valence-corrected chi connectivity index (χ1v) is 19.9. The molecule has 0 saturated carbocycles. The lowest BCUT2D eigenvalue weighted by molar-refractivity contribution is -0.298. The Morgan fingerprint density at radius 2 is 1.49 bits per heavy atom. The number of carbonyl (C=O) groups is 7. The molecule has 1 aromatic carbocycles. The maximum Gasteiger partial charge on any atom is 0.404 e. The van der Waals surface area contributed by atoms with Gasteiger partial charge in [-0.15, -0.1) is 0 Å². The molecule has 1 saturated heterocycles. The van der Waals surface area contributed by atoms with Crippen LogP contribution in [0.25, 0.3) is 0 Å². The molecular weight excluding hydrogens is 806 g/mol. The number of nitrogens with two attached hydrogens (primary N) is 2. The van der Waals surface area contributed by atoms with Gasteiger partial charge in [-0.1, -0.05) is 59.1 Å². The van der Waals surface area contributed by atoms with Crippen molar-refractivity contribution < 1.29 is 72.9 Å². The number of aliphatic carboxylic acids is 2. The zero-order valence-corrected chi connectivity index (χ0v) is 34.6. The Balaban J connectivity index is 1.97. The summed E-state index contributed by atoms with van der Waals surface area (Å²) in [7, 11) is 1.56. The van der Waals surface area contributed by atoms with E-state index in [1.165, 1.54) is 0 Å². The molecule has 0 radical (unpaired) electrons. The molecule has 2 aliphatic heterocycles. The van der Waals surface area contributed by atoms with Crippen molar-refractivity contribution >= 4 is 53.7 Å². The van der Waals surface area contributed by atoms with Crippen LogP contribution in [-0.4, -0.2) is 142 Å². The van der Waals surface area contributed by atoms with Crippen molar-refractivity contribution in [1.29, 1.82) is 0 Å². The molecule has 11 N–H and O–H groups in total. The number of aliphatic imine (C=N–C) groups is 2. The van der Waals surface area contributed by atoms with Gasteiger partial charge in [-0.25, -0.2) is 19.2 Å². The fourth-order valence-corrected chi connectivity index (χ4v) is 6.57. The third-order valence-corrected chi connectivity index (χ3v) is 10.5. The molecule has 12 unspecified atom stereocenters. The second-order valence-electron chi connectivity index (χ2n) is 15.0. The van der Waals surface area contributed by atoms with Crippen LogP contribution in [0, 0.1) is 11.8 Å². The molecule has 22 nitrogen and oxygen atoms in total. The first kappa shape index (κ1) is 49.8. The standard InChI is InChI=1S/C39H57N7O15/c1-6-18(3)25(33(50)46-26(35(52)53)19(4)7-2)45-34(51)27(44-24(47)11-9-8-10-21(40)16-20-12-14-22(58-5)15-13-20)30(23-17-42-39(57)43-23)59-37-29(49)31(61-38(41)56)28(48)32(60-37)36(54)55/h12-15,17-19,21,25-32,37,48-49H,6-11,16,40H2,1-5H3,(H2,41,56)(H,44,47)(H,45,51)(H,46,50)(H,52,53)(H,54,55). The Morgan fingerprint density at radius 1 is 0.885 bits per heavy atom. The monoisotopic (exact) mass is 863 g/mol. The van der Waals surface area contributed by atoms with Gasteiger partial charge in [0.05, 0.1) is 19.0 Å². The van der Waals surface area contributed by atoms with Crippen LogP contribution in [-0.2, 0) is 44.6 Å². The minimum atomic E-state index is -2.21. The number of amides is 6. The summed E-state index contributed by atoms with van der Waals surface area (Å²) in [5.41, 5.74) is 12.0. The van der Waals surface area contributed by atoms with Gasteiger partial charge in [-0.05, 0) is 48.8 Å². The summed E-state index contributed by atoms with van der Waals surface area (Å²) in [6.45, 7) is 6.68. The number of benzene rings is 1. The molecule has 0 aliphatic carbocycles. The van der Waals surface area contributed by atoms with E-state index < -0.39 is 114 Å². The summed E-state index contributed by atoms with van der Waals surface area (Å²) in [5, 5.41) is 48.9. The molecule has 12 atom stereocenters. The highest BCUT2D eigenvalue weighted by atomic mass is 16.7. The number of aliphatic hydroxyl groups is 2. The SMILES string of the molecule is CCC(C)C(NC(=O)C(NC(=O)C(NC(=O)CCCCC(N)Cc1ccc(OC)cc1)C(OC1OC(C(=O)O)C(O)C(OC(N)=O)C1O)C1=NC(=O)N=C1)C(C)CC)C(=O)O. The molecule has 2 aliphatic rings. The summed E-state index contributed by atoms with van der Waals surface area (Å²) in [5.74, 6) is -6.28. The molecule has 338 valence electrons. The van der Waals surface area contributed by atoms with Gasteiger partial charge in [0, 0.05) is 12.5 Å². The molecule has 22 heteroatoms. The van der Waals surface area contributed by atoms with E-state index in [9.17, 15) is 54.0 Å². The van der Waals surface area contributed by atoms with Gasteiger partial charge in [0.1, 0.15) is 42.2 Å². The van der Waals surface area contributed by atoms with Crippen molar-refractivity contribution in [3.63, 3.8) is 0 Å². The number of hydrogen-bond acceptors (Lipinski definition) is 14. The molecule has 1 fully saturated rings. The van der Waals surface area contributed by atoms with Crippen LogP contribution in [0.1, 0.15) is 71.8 Å². The predicted molar refractivity (Wildman–Crippen MR) is 214 cm³/mol. The number of urea groups is 1. The van der Waals surface area contributed by atoms with E-state index in [1.54, 1.807) is 34.8 Å². The molecule has 0 spiro atoms. The number of nitrogens with one attached hydrogen (secondary N) is 3. The Kier molecular flexibility index (Phi) is 19.1. The summed E-state index contributed by atoms with van der Waals surface area (Å²) in [6, 6.07) is 1.39. The number of hydrogen-bond donors (Lipinski definition) is 9. The molecular formula is C39H57N7O15. The maximum absolute atomic E-state index is 14.5. The smallest absolute Gasteiger partial charge is 0.404 e. The summed E-state index contributed by atoms with van der Waals surface area (Å²) in [6.07, 6.45) is -11.0. The van der Waals surface area contributed by atoms with Crippen LogP contribution in [0.2, 0.25) is 0 Å². The highest BCUT2D eigenvalue weighted by Crippen LogP contribution is 2.27. The fourth-order valence-electron chi connectivity index (χ4n) is 6.57. The largest absolute Gasteiger partial charge is 0.497 e. The Morgan fingerprint density at radius 3 is 2.03 bits per heavy atom. The lowest BCUT2D eigenvalue weighted by Gasteiger charge is -2.41. The highest BCUT2D eigenvalue weighted by molar-refractivity contribution is 6.39. The summed E-state index contributed by atoms with van der Waals surface area (Å²) in [4.78, 5) is 97.2. The Bertz CT molecular complexity index is 1780. The average Bonchev–Trinajstić information content (AvgIpc) is 3.65. The van der Waals surface area contributed by atoms with Gasteiger partial charge >= 0.3 is 24.1 Å². The van der Waals surface area contributed by atoms with E-state index in [0.717, 1.165) is 11.8 Å². The summed E-state index contributed by atoms with van der Waals surface area (Å²) >= 11 is 0. The molecule has 1 aromatic rings. The number of nitrogens with zero attached hydrogens (tertiary/aromatic N) is 2. The van der Waals surface area contributed by atoms with Crippen LogP contribution in [0.5, 0.6) is 5.75 Å². The number of primary amides is 1. The van der Waals surface area contributed by atoms with Crippen molar-refractivity contribution in [2.24, 2.45) is 33.3 Å². The lowest BCUT2D eigenvalue weighted by atomic mass is 9.94. The molecule has 6 amide bonds. The molecule has 0 bridgehead atoms. The third-order valence-electron chi connectivity index (χ3n) is 10.5. The first-order valence-electron chi connectivity index (χ1n) is 19.9. The second-order valence-corrected chi connectivity index (χ2v) is 15.0. The molecule has 3 rings (SSSR count). The zero-order valence-electron chi connectivity index (χ0n) is 34.6. The van der Waals surface area contributed by atoms with E-state index in [-0.39, 0.29) is 18.9 Å². The van der Waals surface area contributed by atoms with Crippen LogP contribution in [0.4, 0.5) is 9.59 Å². The van der Waals surface area contributed by atoms with Crippen LogP contribution in [0.15, 0.2) is 34.3 Å². The number of aliphatic hydroxyl groups excluding tert-OH is 2. The van der Waals surface area contributed by atoms with Crippen LogP contribution < -0.4 is 32.2 Å². The minimum absolute atomic E-state index is 0.180. The van der Waals surface area contributed by atoms with Crippen molar-refractivity contribution in [2.45, 2.75) is 134 Å². The van der Waals surface area contributed by atoms with Crippen molar-refractivity contribution in [1.82, 2.24) is 16.0 Å². The third kappa shape index (κ3) is 14.3. The Hall–Kier alpha value is -5.55. The van der Waals surface area contributed by atoms with E-state index in [1.807, 2.05) is 24.3 Å². The summed E-state index contributed by atoms with van der Waals surface area (Å²) < 4.78 is 21.2. The van der Waals surface area contributed by atoms with E-state index in [4.69, 9.17) is 30.4 Å². The van der Waals surface area contributed by atoms with Crippen molar-refractivity contribution in [3.8, 4) is 5.75 Å². The minimum Gasteiger partial charge on any atom is -0.497 e. The van der Waals surface area contributed by atoms with Crippen molar-refractivity contribution in [3.05, 3.63) is 29.8 Å². The van der Waals surface area contributed by atoms with Crippen molar-refractivity contribution in [2.75, 3.05) is 7.11 Å². The number of unbranched alkanes of at least 4 members (excludes halogenated alkanes) is 1. The van der Waals surface area contributed by atoms with Gasteiger partial charge < -0.3 is 66.8 Å². The average molecular weight is 864 g/mol. The number of carboxylic acids is 2. The Labute approximate surface area is 351 Å². The second kappa shape index (κ2) is 23.4. The fraction of sp³-hybridized carbons (Fsp3) is 0.615. The number of ether oxygens (including phenoxy) is 4. The quantitative estimate of drug-likeness (QED) is 0.0607. The number of methoxy groups -OCH3 is 1. The molecule has 2 heterocycles. The van der Waals surface area contributed by atoms with Gasteiger partial charge in [0.2, 0.25) is 17.7 Å². The number of carboxylic acid groups (broad SMARTS) is 2.